The summed E-state index contributed by atoms with van der Waals surface area (Å²) in [6, 6.07) is 10.3. The van der Waals surface area contributed by atoms with Crippen LogP contribution < -0.4 is 10.6 Å². The molecule has 0 atom stereocenters. The molecule has 0 aromatic heterocycles. The Morgan fingerprint density at radius 3 is 2.50 bits per heavy atom. The Morgan fingerprint density at radius 1 is 1.10 bits per heavy atom. The highest BCUT2D eigenvalue weighted by Gasteiger charge is 1.97. The molecule has 114 valence electrons. The van der Waals surface area contributed by atoms with Crippen LogP contribution in [0.5, 0.6) is 0 Å². The number of hydrogen-bond acceptors (Lipinski definition) is 2. The van der Waals surface area contributed by atoms with Crippen LogP contribution in [0.3, 0.4) is 0 Å². The van der Waals surface area contributed by atoms with Crippen molar-refractivity contribution in [2.45, 2.75) is 25.8 Å². The number of unbranched alkanes of at least 4 members (excludes halogenated alkanes) is 2. The maximum atomic E-state index is 5.02. The van der Waals surface area contributed by atoms with Crippen LogP contribution in [0.25, 0.3) is 0 Å². The highest BCUT2D eigenvalue weighted by Crippen LogP contribution is 1.97. The van der Waals surface area contributed by atoms with Gasteiger partial charge in [-0.05, 0) is 24.8 Å². The first-order chi connectivity index (χ1) is 9.36. The third kappa shape index (κ3) is 9.14. The van der Waals surface area contributed by atoms with Gasteiger partial charge in [0.15, 0.2) is 5.96 Å². The molecule has 1 rings (SSSR count). The summed E-state index contributed by atoms with van der Waals surface area (Å²) in [5.74, 6) is 0.857. The van der Waals surface area contributed by atoms with E-state index >= 15 is 0 Å². The summed E-state index contributed by atoms with van der Waals surface area (Å²) in [7, 11) is 3.54. The molecule has 1 aromatic rings. The molecule has 20 heavy (non-hydrogen) atoms. The molecule has 0 spiro atoms. The molecule has 0 bridgehead atoms. The van der Waals surface area contributed by atoms with E-state index in [2.05, 4.69) is 27.8 Å². The van der Waals surface area contributed by atoms with Crippen molar-refractivity contribution in [1.82, 2.24) is 10.6 Å². The second-order valence-electron chi connectivity index (χ2n) is 4.39. The highest BCUT2D eigenvalue weighted by atomic mass is 127. The van der Waals surface area contributed by atoms with Gasteiger partial charge in [-0.3, -0.25) is 4.99 Å². The lowest BCUT2D eigenvalue weighted by Crippen LogP contribution is -2.37. The molecule has 5 heteroatoms. The summed E-state index contributed by atoms with van der Waals surface area (Å²) in [5.41, 5.74) is 1.26. The number of methoxy groups -OCH3 is 1. The van der Waals surface area contributed by atoms with Crippen LogP contribution in [0, 0.1) is 0 Å². The van der Waals surface area contributed by atoms with E-state index in [9.17, 15) is 0 Å². The molecule has 0 aliphatic heterocycles. The molecule has 0 amide bonds. The summed E-state index contributed by atoms with van der Waals surface area (Å²) in [4.78, 5) is 4.21. The standard InChI is InChI=1S/C15H25N3O.HI/c1-16-15(17-11-7-4-8-12-19-2)18-13-14-9-5-3-6-10-14;/h3,5-6,9-10H,4,7-8,11-13H2,1-2H3,(H2,16,17,18);1H. The topological polar surface area (TPSA) is 45.7 Å². The SMILES string of the molecule is CN=C(NCCCCCOC)NCc1ccccc1.I. The Kier molecular flexibility index (Phi) is 12.6. The van der Waals surface area contributed by atoms with Crippen LogP contribution in [-0.2, 0) is 11.3 Å². The zero-order chi connectivity index (χ0) is 13.8. The third-order valence-corrected chi connectivity index (χ3v) is 2.84. The molecule has 0 saturated carbocycles. The summed E-state index contributed by atoms with van der Waals surface area (Å²) in [6.45, 7) is 2.59. The molecule has 4 nitrogen and oxygen atoms in total. The number of halogens is 1. The normalized spacial score (nSPS) is 10.8. The maximum Gasteiger partial charge on any atom is 0.191 e. The van der Waals surface area contributed by atoms with Gasteiger partial charge >= 0.3 is 0 Å². The van der Waals surface area contributed by atoms with Crippen LogP contribution in [0.1, 0.15) is 24.8 Å². The van der Waals surface area contributed by atoms with Gasteiger partial charge < -0.3 is 15.4 Å². The second-order valence-corrected chi connectivity index (χ2v) is 4.39. The molecule has 0 aliphatic carbocycles. The van der Waals surface area contributed by atoms with Crippen molar-refractivity contribution < 1.29 is 4.74 Å². The van der Waals surface area contributed by atoms with E-state index in [0.29, 0.717) is 0 Å². The minimum absolute atomic E-state index is 0. The molecule has 0 fully saturated rings. The number of ether oxygens (including phenoxy) is 1. The first-order valence-corrected chi connectivity index (χ1v) is 6.84. The van der Waals surface area contributed by atoms with Gasteiger partial charge in [-0.2, -0.15) is 0 Å². The van der Waals surface area contributed by atoms with Crippen molar-refractivity contribution in [3.8, 4) is 0 Å². The van der Waals surface area contributed by atoms with Gasteiger partial charge in [-0.25, -0.2) is 0 Å². The quantitative estimate of drug-likeness (QED) is 0.310. The Balaban J connectivity index is 0.00000361. The zero-order valence-electron chi connectivity index (χ0n) is 12.4. The van der Waals surface area contributed by atoms with E-state index in [1.54, 1.807) is 14.2 Å². The highest BCUT2D eigenvalue weighted by molar-refractivity contribution is 14.0. The minimum Gasteiger partial charge on any atom is -0.385 e. The van der Waals surface area contributed by atoms with Gasteiger partial charge in [0.1, 0.15) is 0 Å². The second kappa shape index (κ2) is 13.2. The van der Waals surface area contributed by atoms with Crippen molar-refractivity contribution >= 4 is 29.9 Å². The average molecular weight is 391 g/mol. The Hall–Kier alpha value is -0.820. The number of nitrogens with one attached hydrogen (secondary N) is 2. The lowest BCUT2D eigenvalue weighted by molar-refractivity contribution is 0.192. The molecule has 0 unspecified atom stereocenters. The van der Waals surface area contributed by atoms with Gasteiger partial charge in [0.25, 0.3) is 0 Å². The van der Waals surface area contributed by atoms with E-state index < -0.39 is 0 Å². The molecular weight excluding hydrogens is 365 g/mol. The third-order valence-electron chi connectivity index (χ3n) is 2.84. The Morgan fingerprint density at radius 2 is 1.85 bits per heavy atom. The molecule has 0 aliphatic rings. The van der Waals surface area contributed by atoms with Gasteiger partial charge in [-0.1, -0.05) is 30.3 Å². The fraction of sp³-hybridized carbons (Fsp3) is 0.533. The molecule has 0 radical (unpaired) electrons. The van der Waals surface area contributed by atoms with Crippen LogP contribution >= 0.6 is 24.0 Å². The van der Waals surface area contributed by atoms with Gasteiger partial charge in [0, 0.05) is 33.9 Å². The van der Waals surface area contributed by atoms with Crippen LogP contribution in [0.4, 0.5) is 0 Å². The van der Waals surface area contributed by atoms with Crippen LogP contribution in [0.15, 0.2) is 35.3 Å². The molecule has 0 saturated heterocycles. The van der Waals surface area contributed by atoms with Gasteiger partial charge in [0.05, 0.1) is 0 Å². The number of nitrogens with zero attached hydrogens (tertiary/aromatic N) is 1. The van der Waals surface area contributed by atoms with Crippen LogP contribution in [0.2, 0.25) is 0 Å². The van der Waals surface area contributed by atoms with E-state index in [4.69, 9.17) is 4.74 Å². The summed E-state index contributed by atoms with van der Waals surface area (Å²) >= 11 is 0. The predicted octanol–water partition coefficient (Wildman–Crippen LogP) is 2.79. The minimum atomic E-state index is 0. The maximum absolute atomic E-state index is 5.02. The van der Waals surface area contributed by atoms with E-state index in [-0.39, 0.29) is 24.0 Å². The molecule has 1 aromatic carbocycles. The number of benzene rings is 1. The van der Waals surface area contributed by atoms with E-state index in [0.717, 1.165) is 38.5 Å². The smallest absolute Gasteiger partial charge is 0.191 e. The summed E-state index contributed by atoms with van der Waals surface area (Å²) in [6.07, 6.45) is 3.43. The predicted molar refractivity (Wildman–Crippen MR) is 95.8 cm³/mol. The first kappa shape index (κ1) is 19.2. The molecular formula is C15H26IN3O. The van der Waals surface area contributed by atoms with Gasteiger partial charge in [0.2, 0.25) is 0 Å². The van der Waals surface area contributed by atoms with Crippen molar-refractivity contribution in [3.05, 3.63) is 35.9 Å². The van der Waals surface area contributed by atoms with Crippen molar-refractivity contribution in [2.24, 2.45) is 4.99 Å². The lowest BCUT2D eigenvalue weighted by atomic mass is 10.2. The number of guanidine groups is 1. The number of hydrogen-bond donors (Lipinski definition) is 2. The van der Waals surface area contributed by atoms with E-state index in [1.165, 1.54) is 12.0 Å². The lowest BCUT2D eigenvalue weighted by Gasteiger charge is -2.11. The first-order valence-electron chi connectivity index (χ1n) is 6.84. The summed E-state index contributed by atoms with van der Waals surface area (Å²) in [5, 5.41) is 6.62. The zero-order valence-corrected chi connectivity index (χ0v) is 14.7. The van der Waals surface area contributed by atoms with Crippen molar-refractivity contribution in [1.29, 1.82) is 0 Å². The number of rotatable bonds is 8. The fourth-order valence-corrected chi connectivity index (χ4v) is 1.76. The Labute approximate surface area is 139 Å². The average Bonchev–Trinajstić information content (AvgIpc) is 2.47. The van der Waals surface area contributed by atoms with Crippen molar-refractivity contribution in [3.63, 3.8) is 0 Å². The van der Waals surface area contributed by atoms with E-state index in [1.807, 2.05) is 18.2 Å². The largest absolute Gasteiger partial charge is 0.385 e. The fourth-order valence-electron chi connectivity index (χ4n) is 1.76. The van der Waals surface area contributed by atoms with Gasteiger partial charge in [-0.15, -0.1) is 24.0 Å². The van der Waals surface area contributed by atoms with Crippen molar-refractivity contribution in [2.75, 3.05) is 27.3 Å². The number of aliphatic imine (C=N–C) groups is 1. The molecule has 2 N–H and O–H groups in total. The summed E-state index contributed by atoms with van der Waals surface area (Å²) < 4.78 is 5.02. The van der Waals surface area contributed by atoms with Crippen LogP contribution in [-0.4, -0.2) is 33.3 Å². The Bertz CT molecular complexity index is 357. The monoisotopic (exact) mass is 391 g/mol. The molecule has 0 heterocycles.